The number of phenols is 1. The van der Waals surface area contributed by atoms with Gasteiger partial charge in [-0.3, -0.25) is 9.59 Å². The Kier molecular flexibility index (Phi) is 5.57. The van der Waals surface area contributed by atoms with Crippen LogP contribution < -0.4 is 5.32 Å². The molecule has 2 N–H and O–H groups in total. The van der Waals surface area contributed by atoms with Crippen molar-refractivity contribution in [2.24, 2.45) is 16.1 Å². The van der Waals surface area contributed by atoms with Gasteiger partial charge in [-0.2, -0.15) is 10.2 Å². The molecule has 0 saturated carbocycles. The van der Waals surface area contributed by atoms with E-state index in [9.17, 15) is 14.7 Å². The number of aromatic hydroxyl groups is 1. The summed E-state index contributed by atoms with van der Waals surface area (Å²) >= 11 is 0. The Morgan fingerprint density at radius 3 is 2.35 bits per heavy atom. The fourth-order valence-electron chi connectivity index (χ4n) is 1.87. The largest absolute Gasteiger partial charge is 0.508 e. The van der Waals surface area contributed by atoms with Gasteiger partial charge < -0.3 is 10.4 Å². The summed E-state index contributed by atoms with van der Waals surface area (Å²) in [5, 5.41) is 19.7. The zero-order chi connectivity index (χ0) is 16.7. The zero-order valence-corrected chi connectivity index (χ0v) is 12.6. The minimum absolute atomic E-state index is 0.0329. The molecule has 23 heavy (non-hydrogen) atoms. The summed E-state index contributed by atoms with van der Waals surface area (Å²) in [5.74, 6) is -1.44. The molecule has 0 heterocycles. The van der Waals surface area contributed by atoms with Crippen LogP contribution in [0.5, 0.6) is 5.75 Å². The molecule has 6 heteroatoms. The normalized spacial score (nSPS) is 12.0. The van der Waals surface area contributed by atoms with Crippen molar-refractivity contribution >= 4 is 23.1 Å². The summed E-state index contributed by atoms with van der Waals surface area (Å²) in [6.07, 6.45) is 0. The van der Waals surface area contributed by atoms with Crippen molar-refractivity contribution in [3.05, 3.63) is 54.6 Å². The highest BCUT2D eigenvalue weighted by Crippen LogP contribution is 2.17. The fraction of sp³-hybridized carbons (Fsp3) is 0.176. The van der Waals surface area contributed by atoms with Crippen molar-refractivity contribution in [3.8, 4) is 5.75 Å². The molecule has 0 spiro atoms. The second-order valence-corrected chi connectivity index (χ2v) is 4.96. The lowest BCUT2D eigenvalue weighted by Crippen LogP contribution is -2.30. The van der Waals surface area contributed by atoms with E-state index in [4.69, 9.17) is 0 Å². The smallest absolute Gasteiger partial charge is 0.236 e. The van der Waals surface area contributed by atoms with E-state index in [0.29, 0.717) is 11.4 Å². The standard InChI is InChI=1S/C17H17N3O3/c1-12(21)16(17(23)19-13-5-3-2-4-6-13)11-18-20-14-7-9-15(22)10-8-14/h2-10,16,22H,11H2,1H3,(H,19,23). The van der Waals surface area contributed by atoms with Crippen LogP contribution in [0.1, 0.15) is 6.92 Å². The van der Waals surface area contributed by atoms with E-state index in [1.807, 2.05) is 6.07 Å². The molecule has 2 aromatic carbocycles. The van der Waals surface area contributed by atoms with Crippen LogP contribution in [0.2, 0.25) is 0 Å². The predicted octanol–water partition coefficient (Wildman–Crippen LogP) is 3.32. The summed E-state index contributed by atoms with van der Waals surface area (Å²) in [6, 6.07) is 15.1. The van der Waals surface area contributed by atoms with Gasteiger partial charge in [0, 0.05) is 5.69 Å². The van der Waals surface area contributed by atoms with E-state index in [1.165, 1.54) is 19.1 Å². The van der Waals surface area contributed by atoms with Gasteiger partial charge in [-0.25, -0.2) is 0 Å². The molecule has 0 bridgehead atoms. The molecular formula is C17H17N3O3. The highest BCUT2D eigenvalue weighted by Gasteiger charge is 2.23. The van der Waals surface area contributed by atoms with Crippen molar-refractivity contribution in [1.82, 2.24) is 0 Å². The lowest BCUT2D eigenvalue weighted by molar-refractivity contribution is -0.129. The third kappa shape index (κ3) is 5.03. The second kappa shape index (κ2) is 7.84. The molecule has 0 aliphatic heterocycles. The van der Waals surface area contributed by atoms with Crippen LogP contribution in [0.4, 0.5) is 11.4 Å². The van der Waals surface area contributed by atoms with Crippen LogP contribution >= 0.6 is 0 Å². The molecule has 0 radical (unpaired) electrons. The molecule has 0 aromatic heterocycles. The molecule has 1 unspecified atom stereocenters. The Bertz CT molecular complexity index is 697. The van der Waals surface area contributed by atoms with Crippen molar-refractivity contribution in [1.29, 1.82) is 0 Å². The second-order valence-electron chi connectivity index (χ2n) is 4.96. The maximum Gasteiger partial charge on any atom is 0.236 e. The molecule has 0 fully saturated rings. The number of nitrogens with zero attached hydrogens (tertiary/aromatic N) is 2. The number of Topliss-reactive ketones (excluding diaryl/α,β-unsaturated/α-hetero) is 1. The Morgan fingerprint density at radius 1 is 1.09 bits per heavy atom. The van der Waals surface area contributed by atoms with Crippen molar-refractivity contribution in [3.63, 3.8) is 0 Å². The number of para-hydroxylation sites is 1. The van der Waals surface area contributed by atoms with Crippen molar-refractivity contribution < 1.29 is 14.7 Å². The number of benzene rings is 2. The van der Waals surface area contributed by atoms with E-state index in [0.717, 1.165) is 0 Å². The first kappa shape index (κ1) is 16.4. The van der Waals surface area contributed by atoms with Gasteiger partial charge in [-0.1, -0.05) is 18.2 Å². The molecule has 2 rings (SSSR count). The lowest BCUT2D eigenvalue weighted by atomic mass is 10.0. The van der Waals surface area contributed by atoms with E-state index >= 15 is 0 Å². The highest BCUT2D eigenvalue weighted by molar-refractivity contribution is 6.06. The van der Waals surface area contributed by atoms with Gasteiger partial charge in [0.15, 0.2) is 0 Å². The Labute approximate surface area is 133 Å². The number of ketones is 1. The number of anilines is 1. The molecule has 1 atom stereocenters. The summed E-state index contributed by atoms with van der Waals surface area (Å²) in [6.45, 7) is 1.32. The number of amides is 1. The van der Waals surface area contributed by atoms with Crippen LogP contribution in [0.15, 0.2) is 64.8 Å². The van der Waals surface area contributed by atoms with Gasteiger partial charge in [0.05, 0.1) is 12.2 Å². The summed E-state index contributed by atoms with van der Waals surface area (Å²) in [5.41, 5.74) is 1.16. The number of hydrogen-bond donors (Lipinski definition) is 2. The number of rotatable bonds is 6. The third-order valence-corrected chi connectivity index (χ3v) is 3.15. The molecule has 2 aromatic rings. The lowest BCUT2D eigenvalue weighted by Gasteiger charge is -2.11. The van der Waals surface area contributed by atoms with Gasteiger partial charge in [-0.05, 0) is 43.3 Å². The Balaban J connectivity index is 1.99. The number of carbonyl (C=O) groups excluding carboxylic acids is 2. The molecule has 0 saturated heterocycles. The highest BCUT2D eigenvalue weighted by atomic mass is 16.3. The quantitative estimate of drug-likeness (QED) is 0.633. The molecular weight excluding hydrogens is 294 g/mol. The Morgan fingerprint density at radius 2 is 1.74 bits per heavy atom. The zero-order valence-electron chi connectivity index (χ0n) is 12.6. The third-order valence-electron chi connectivity index (χ3n) is 3.15. The monoisotopic (exact) mass is 311 g/mol. The Hall–Kier alpha value is -3.02. The number of azo groups is 1. The van der Waals surface area contributed by atoms with Gasteiger partial charge in [0.1, 0.15) is 17.5 Å². The fourth-order valence-corrected chi connectivity index (χ4v) is 1.87. The number of nitrogens with one attached hydrogen (secondary N) is 1. The van der Waals surface area contributed by atoms with Crippen LogP contribution in [0, 0.1) is 5.92 Å². The number of hydrogen-bond acceptors (Lipinski definition) is 5. The average molecular weight is 311 g/mol. The first-order chi connectivity index (χ1) is 11.1. The molecule has 0 aliphatic rings. The minimum atomic E-state index is -0.893. The molecule has 0 aliphatic carbocycles. The van der Waals surface area contributed by atoms with Gasteiger partial charge >= 0.3 is 0 Å². The minimum Gasteiger partial charge on any atom is -0.508 e. The molecule has 118 valence electrons. The van der Waals surface area contributed by atoms with Crippen LogP contribution in [0.25, 0.3) is 0 Å². The topological polar surface area (TPSA) is 91.1 Å². The summed E-state index contributed by atoms with van der Waals surface area (Å²) in [7, 11) is 0. The van der Waals surface area contributed by atoms with E-state index in [1.54, 1.807) is 36.4 Å². The van der Waals surface area contributed by atoms with Gasteiger partial charge in [-0.15, -0.1) is 0 Å². The first-order valence-corrected chi connectivity index (χ1v) is 7.09. The summed E-state index contributed by atoms with van der Waals surface area (Å²) < 4.78 is 0. The van der Waals surface area contributed by atoms with Crippen LogP contribution in [-0.4, -0.2) is 23.3 Å². The van der Waals surface area contributed by atoms with Gasteiger partial charge in [0.2, 0.25) is 5.91 Å². The maximum absolute atomic E-state index is 12.2. The van der Waals surface area contributed by atoms with E-state index in [-0.39, 0.29) is 18.1 Å². The SMILES string of the molecule is CC(=O)C(CN=Nc1ccc(O)cc1)C(=O)Nc1ccccc1. The average Bonchev–Trinajstić information content (AvgIpc) is 2.53. The number of phenolic OH excluding ortho intramolecular Hbond substituents is 1. The van der Waals surface area contributed by atoms with Gasteiger partial charge in [0.25, 0.3) is 0 Å². The van der Waals surface area contributed by atoms with E-state index < -0.39 is 11.8 Å². The number of carbonyl (C=O) groups is 2. The predicted molar refractivity (Wildman–Crippen MR) is 86.7 cm³/mol. The molecule has 1 amide bonds. The maximum atomic E-state index is 12.2. The van der Waals surface area contributed by atoms with Crippen LogP contribution in [0.3, 0.4) is 0 Å². The van der Waals surface area contributed by atoms with Crippen molar-refractivity contribution in [2.75, 3.05) is 11.9 Å². The first-order valence-electron chi connectivity index (χ1n) is 7.09. The summed E-state index contributed by atoms with van der Waals surface area (Å²) in [4.78, 5) is 23.8. The van der Waals surface area contributed by atoms with Crippen LogP contribution in [-0.2, 0) is 9.59 Å². The van der Waals surface area contributed by atoms with Crippen molar-refractivity contribution in [2.45, 2.75) is 6.92 Å². The van der Waals surface area contributed by atoms with E-state index in [2.05, 4.69) is 15.5 Å². The molecule has 6 nitrogen and oxygen atoms in total.